The van der Waals surface area contributed by atoms with Gasteiger partial charge in [-0.05, 0) is 25.9 Å². The summed E-state index contributed by atoms with van der Waals surface area (Å²) < 4.78 is 0. The molecule has 1 aliphatic heterocycles. The number of hydrogen-bond acceptors (Lipinski definition) is 3. The molecule has 1 saturated heterocycles. The maximum absolute atomic E-state index is 9.02. The van der Waals surface area contributed by atoms with Gasteiger partial charge < -0.3 is 0 Å². The van der Waals surface area contributed by atoms with Crippen molar-refractivity contribution in [3.8, 4) is 6.07 Å². The zero-order valence-corrected chi connectivity index (χ0v) is 10.2. The average molecular weight is 209 g/mol. The van der Waals surface area contributed by atoms with Gasteiger partial charge in [-0.15, -0.1) is 0 Å². The first kappa shape index (κ1) is 12.5. The molecule has 0 N–H and O–H groups in total. The van der Waals surface area contributed by atoms with Gasteiger partial charge in [0.15, 0.2) is 0 Å². The Morgan fingerprint density at radius 3 is 2.53 bits per heavy atom. The topological polar surface area (TPSA) is 30.3 Å². The molecule has 2 atom stereocenters. The van der Waals surface area contributed by atoms with Gasteiger partial charge in [0.2, 0.25) is 0 Å². The fourth-order valence-corrected chi connectivity index (χ4v) is 2.52. The van der Waals surface area contributed by atoms with Crippen molar-refractivity contribution < 1.29 is 0 Å². The van der Waals surface area contributed by atoms with Gasteiger partial charge in [-0.1, -0.05) is 20.8 Å². The van der Waals surface area contributed by atoms with E-state index in [-0.39, 0.29) is 6.04 Å². The highest BCUT2D eigenvalue weighted by molar-refractivity contribution is 4.95. The van der Waals surface area contributed by atoms with Crippen molar-refractivity contribution in [2.24, 2.45) is 0 Å². The summed E-state index contributed by atoms with van der Waals surface area (Å²) in [4.78, 5) is 4.84. The summed E-state index contributed by atoms with van der Waals surface area (Å²) in [6, 6.07) is 3.20. The molecule has 1 fully saturated rings. The first-order valence-corrected chi connectivity index (χ1v) is 6.14. The number of nitriles is 1. The molecule has 1 heterocycles. The molecule has 86 valence electrons. The summed E-state index contributed by atoms with van der Waals surface area (Å²) in [6.45, 7) is 10.9. The van der Waals surface area contributed by atoms with Crippen molar-refractivity contribution in [3.63, 3.8) is 0 Å². The van der Waals surface area contributed by atoms with Crippen molar-refractivity contribution in [2.75, 3.05) is 26.2 Å². The second-order valence-corrected chi connectivity index (χ2v) is 4.21. The molecule has 0 aromatic heterocycles. The quantitative estimate of drug-likeness (QED) is 0.690. The smallest absolute Gasteiger partial charge is 0.0975 e. The summed E-state index contributed by atoms with van der Waals surface area (Å²) in [6.07, 6.45) is 2.17. The van der Waals surface area contributed by atoms with Crippen molar-refractivity contribution >= 4 is 0 Å². The molecule has 2 unspecified atom stereocenters. The third-order valence-electron chi connectivity index (χ3n) is 3.50. The fourth-order valence-electron chi connectivity index (χ4n) is 2.52. The first-order valence-electron chi connectivity index (χ1n) is 6.14. The molecule has 0 bridgehead atoms. The van der Waals surface area contributed by atoms with Crippen LogP contribution in [0.2, 0.25) is 0 Å². The monoisotopic (exact) mass is 209 g/mol. The van der Waals surface area contributed by atoms with Crippen molar-refractivity contribution in [1.29, 1.82) is 5.26 Å². The fraction of sp³-hybridized carbons (Fsp3) is 0.917. The second kappa shape index (κ2) is 6.09. The van der Waals surface area contributed by atoms with Gasteiger partial charge in [0.25, 0.3) is 0 Å². The average Bonchev–Trinajstić information content (AvgIpc) is 2.71. The molecule has 3 nitrogen and oxygen atoms in total. The molecule has 0 aromatic carbocycles. The Morgan fingerprint density at radius 2 is 2.07 bits per heavy atom. The number of likely N-dealkylation sites (tertiary alicyclic amines) is 1. The molecule has 0 aliphatic carbocycles. The van der Waals surface area contributed by atoms with Crippen LogP contribution in [0, 0.1) is 11.3 Å². The van der Waals surface area contributed by atoms with E-state index in [9.17, 15) is 0 Å². The molecule has 0 spiro atoms. The minimum atomic E-state index is 0.130. The van der Waals surface area contributed by atoms with Crippen LogP contribution in [-0.2, 0) is 0 Å². The molecule has 0 aromatic rings. The number of likely N-dealkylation sites (N-methyl/N-ethyl adjacent to an activating group) is 1. The summed E-state index contributed by atoms with van der Waals surface area (Å²) in [5.41, 5.74) is 0. The van der Waals surface area contributed by atoms with Crippen LogP contribution < -0.4 is 0 Å². The van der Waals surface area contributed by atoms with Crippen LogP contribution in [0.4, 0.5) is 0 Å². The van der Waals surface area contributed by atoms with E-state index in [2.05, 4.69) is 36.6 Å². The van der Waals surface area contributed by atoms with Crippen LogP contribution in [0.25, 0.3) is 0 Å². The van der Waals surface area contributed by atoms with E-state index >= 15 is 0 Å². The second-order valence-electron chi connectivity index (χ2n) is 4.21. The molecule has 0 saturated carbocycles. The zero-order valence-electron chi connectivity index (χ0n) is 10.2. The number of rotatable bonds is 5. The van der Waals surface area contributed by atoms with E-state index < -0.39 is 0 Å². The van der Waals surface area contributed by atoms with E-state index in [0.717, 1.165) is 32.6 Å². The number of nitrogens with zero attached hydrogens (tertiary/aromatic N) is 3. The molecule has 0 radical (unpaired) electrons. The molecule has 15 heavy (non-hydrogen) atoms. The Hall–Kier alpha value is -0.590. The summed E-state index contributed by atoms with van der Waals surface area (Å²) in [5.74, 6) is 0. The minimum absolute atomic E-state index is 0.130. The lowest BCUT2D eigenvalue weighted by Gasteiger charge is -2.27. The Bertz CT molecular complexity index is 217. The summed E-state index contributed by atoms with van der Waals surface area (Å²) >= 11 is 0. The Balaban J connectivity index is 2.48. The number of hydrogen-bond donors (Lipinski definition) is 0. The van der Waals surface area contributed by atoms with Gasteiger partial charge in [0, 0.05) is 19.1 Å². The van der Waals surface area contributed by atoms with E-state index in [1.807, 2.05) is 0 Å². The summed E-state index contributed by atoms with van der Waals surface area (Å²) in [5, 5.41) is 9.02. The van der Waals surface area contributed by atoms with Crippen LogP contribution >= 0.6 is 0 Å². The Morgan fingerprint density at radius 1 is 1.40 bits per heavy atom. The van der Waals surface area contributed by atoms with E-state index in [4.69, 9.17) is 5.26 Å². The molecule has 3 heteroatoms. The third kappa shape index (κ3) is 2.93. The predicted octanol–water partition coefficient (Wildman–Crippen LogP) is 1.70. The highest BCUT2D eigenvalue weighted by Crippen LogP contribution is 2.18. The highest BCUT2D eigenvalue weighted by atomic mass is 15.3. The minimum Gasteiger partial charge on any atom is -0.300 e. The molecule has 1 aliphatic rings. The highest BCUT2D eigenvalue weighted by Gasteiger charge is 2.29. The van der Waals surface area contributed by atoms with Crippen LogP contribution in [0.3, 0.4) is 0 Å². The third-order valence-corrected chi connectivity index (χ3v) is 3.50. The predicted molar refractivity (Wildman–Crippen MR) is 62.6 cm³/mol. The lowest BCUT2D eigenvalue weighted by atomic mass is 10.2. The molecule has 0 amide bonds. The van der Waals surface area contributed by atoms with E-state index in [0.29, 0.717) is 6.04 Å². The standard InChI is InChI=1S/C12H23N3/c1-4-11(9-13)15-8-7-12(10-15)14(5-2)6-3/h11-12H,4-8,10H2,1-3H3. The van der Waals surface area contributed by atoms with Crippen LogP contribution in [0.1, 0.15) is 33.6 Å². The van der Waals surface area contributed by atoms with Gasteiger partial charge in [0.05, 0.1) is 12.1 Å². The zero-order chi connectivity index (χ0) is 11.3. The first-order chi connectivity index (χ1) is 7.26. The van der Waals surface area contributed by atoms with Crippen molar-refractivity contribution in [2.45, 2.75) is 45.7 Å². The maximum atomic E-state index is 9.02. The van der Waals surface area contributed by atoms with Crippen LogP contribution in [-0.4, -0.2) is 48.1 Å². The maximum Gasteiger partial charge on any atom is 0.0975 e. The SMILES string of the molecule is CCC(C#N)N1CCC(N(CC)CC)C1. The van der Waals surface area contributed by atoms with Crippen LogP contribution in [0.5, 0.6) is 0 Å². The van der Waals surface area contributed by atoms with Crippen LogP contribution in [0.15, 0.2) is 0 Å². The van der Waals surface area contributed by atoms with Gasteiger partial charge >= 0.3 is 0 Å². The summed E-state index contributed by atoms with van der Waals surface area (Å²) in [7, 11) is 0. The van der Waals surface area contributed by atoms with Gasteiger partial charge in [-0.2, -0.15) is 5.26 Å². The molecule has 1 rings (SSSR count). The Kier molecular flexibility index (Phi) is 5.07. The largest absolute Gasteiger partial charge is 0.300 e. The van der Waals surface area contributed by atoms with E-state index in [1.165, 1.54) is 6.42 Å². The van der Waals surface area contributed by atoms with E-state index in [1.54, 1.807) is 0 Å². The van der Waals surface area contributed by atoms with Crippen molar-refractivity contribution in [1.82, 2.24) is 9.80 Å². The lowest BCUT2D eigenvalue weighted by Crippen LogP contribution is -2.39. The Labute approximate surface area is 93.7 Å². The van der Waals surface area contributed by atoms with Gasteiger partial charge in [-0.3, -0.25) is 9.80 Å². The molecular formula is C12H23N3. The van der Waals surface area contributed by atoms with Gasteiger partial charge in [0.1, 0.15) is 0 Å². The normalized spacial score (nSPS) is 24.3. The lowest BCUT2D eigenvalue weighted by molar-refractivity contribution is 0.200. The van der Waals surface area contributed by atoms with Gasteiger partial charge in [-0.25, -0.2) is 0 Å². The van der Waals surface area contributed by atoms with Crippen molar-refractivity contribution in [3.05, 3.63) is 0 Å². The molecular weight excluding hydrogens is 186 g/mol.